The number of rotatable bonds is 8. The predicted molar refractivity (Wildman–Crippen MR) is 73.2 cm³/mol. The van der Waals surface area contributed by atoms with Gasteiger partial charge >= 0.3 is 0 Å². The topological polar surface area (TPSA) is 64.9 Å². The van der Waals surface area contributed by atoms with E-state index in [0.29, 0.717) is 12.5 Å². The third-order valence-corrected chi connectivity index (χ3v) is 2.64. The lowest BCUT2D eigenvalue weighted by atomic mass is 10.3. The molecule has 0 spiro atoms. The number of imidazole rings is 1. The lowest BCUT2D eigenvalue weighted by Crippen LogP contribution is -2.06. The number of anilines is 1. The van der Waals surface area contributed by atoms with Crippen LogP contribution in [0, 0.1) is 0 Å². The van der Waals surface area contributed by atoms with Gasteiger partial charge in [0.15, 0.2) is 0 Å². The number of nitrogens with one attached hydrogen (secondary N) is 1. The molecule has 2 heterocycles. The Morgan fingerprint density at radius 2 is 2.26 bits per heavy atom. The second-order valence-electron chi connectivity index (χ2n) is 4.11. The lowest BCUT2D eigenvalue weighted by Gasteiger charge is -2.07. The zero-order valence-corrected chi connectivity index (χ0v) is 11.1. The first kappa shape index (κ1) is 13.3. The molecule has 0 saturated carbocycles. The Hall–Kier alpha value is -2.11. The second kappa shape index (κ2) is 7.35. The standard InChI is InChI=1S/C13H19N5O/c1-2-19-13-9-12(16-10-17-13)15-5-3-4-7-18-8-6-14-11-18/h6,8-11H,2-5,7H2,1H3,(H,15,16,17). The molecule has 102 valence electrons. The Kier molecular flexibility index (Phi) is 5.16. The highest BCUT2D eigenvalue weighted by Crippen LogP contribution is 2.10. The van der Waals surface area contributed by atoms with Crippen LogP contribution in [0.4, 0.5) is 5.82 Å². The third-order valence-electron chi connectivity index (χ3n) is 2.64. The summed E-state index contributed by atoms with van der Waals surface area (Å²) in [6.45, 7) is 4.43. The van der Waals surface area contributed by atoms with Crippen molar-refractivity contribution in [2.45, 2.75) is 26.3 Å². The van der Waals surface area contributed by atoms with Crippen molar-refractivity contribution in [1.82, 2.24) is 19.5 Å². The maximum atomic E-state index is 5.32. The van der Waals surface area contributed by atoms with E-state index in [-0.39, 0.29) is 0 Å². The van der Waals surface area contributed by atoms with E-state index < -0.39 is 0 Å². The van der Waals surface area contributed by atoms with Crippen LogP contribution in [0.1, 0.15) is 19.8 Å². The monoisotopic (exact) mass is 261 g/mol. The van der Waals surface area contributed by atoms with E-state index in [1.807, 2.05) is 25.5 Å². The van der Waals surface area contributed by atoms with Gasteiger partial charge in [-0.25, -0.2) is 15.0 Å². The fraction of sp³-hybridized carbons (Fsp3) is 0.462. The molecule has 0 saturated heterocycles. The summed E-state index contributed by atoms with van der Waals surface area (Å²) >= 11 is 0. The molecule has 0 aromatic carbocycles. The fourth-order valence-corrected chi connectivity index (χ4v) is 1.72. The van der Waals surface area contributed by atoms with Crippen molar-refractivity contribution in [3.05, 3.63) is 31.1 Å². The van der Waals surface area contributed by atoms with Crippen molar-refractivity contribution in [3.8, 4) is 5.88 Å². The molecule has 0 aliphatic carbocycles. The van der Waals surface area contributed by atoms with E-state index >= 15 is 0 Å². The third kappa shape index (κ3) is 4.57. The van der Waals surface area contributed by atoms with Crippen LogP contribution in [0.25, 0.3) is 0 Å². The number of aromatic nitrogens is 4. The Morgan fingerprint density at radius 3 is 3.05 bits per heavy atom. The zero-order chi connectivity index (χ0) is 13.3. The maximum Gasteiger partial charge on any atom is 0.218 e. The van der Waals surface area contributed by atoms with Crippen molar-refractivity contribution in [1.29, 1.82) is 0 Å². The molecular formula is C13H19N5O. The summed E-state index contributed by atoms with van der Waals surface area (Å²) in [4.78, 5) is 12.2. The fourth-order valence-electron chi connectivity index (χ4n) is 1.72. The van der Waals surface area contributed by atoms with Crippen LogP contribution in [0.15, 0.2) is 31.1 Å². The lowest BCUT2D eigenvalue weighted by molar-refractivity contribution is 0.326. The Bertz CT molecular complexity index is 472. The number of hydrogen-bond acceptors (Lipinski definition) is 5. The highest BCUT2D eigenvalue weighted by molar-refractivity contribution is 5.36. The van der Waals surface area contributed by atoms with Gasteiger partial charge < -0.3 is 14.6 Å². The summed E-state index contributed by atoms with van der Waals surface area (Å²) in [7, 11) is 0. The van der Waals surface area contributed by atoms with Crippen molar-refractivity contribution in [3.63, 3.8) is 0 Å². The number of ether oxygens (including phenoxy) is 1. The van der Waals surface area contributed by atoms with Crippen molar-refractivity contribution >= 4 is 5.82 Å². The van der Waals surface area contributed by atoms with E-state index in [1.54, 1.807) is 6.20 Å². The zero-order valence-electron chi connectivity index (χ0n) is 11.1. The molecule has 6 heteroatoms. The molecule has 1 N–H and O–H groups in total. The molecule has 2 aromatic rings. The molecule has 0 aliphatic heterocycles. The Morgan fingerprint density at radius 1 is 1.32 bits per heavy atom. The van der Waals surface area contributed by atoms with Crippen molar-refractivity contribution in [2.24, 2.45) is 0 Å². The molecule has 0 bridgehead atoms. The quantitative estimate of drug-likeness (QED) is 0.736. The van der Waals surface area contributed by atoms with Crippen LogP contribution in [-0.2, 0) is 6.54 Å². The summed E-state index contributed by atoms with van der Waals surface area (Å²) in [5.41, 5.74) is 0. The Balaban J connectivity index is 1.66. The molecular weight excluding hydrogens is 242 g/mol. The van der Waals surface area contributed by atoms with E-state index in [4.69, 9.17) is 4.74 Å². The van der Waals surface area contributed by atoms with Gasteiger partial charge in [0.25, 0.3) is 0 Å². The second-order valence-corrected chi connectivity index (χ2v) is 4.11. The van der Waals surface area contributed by atoms with E-state index in [0.717, 1.165) is 31.7 Å². The number of aryl methyl sites for hydroxylation is 1. The largest absolute Gasteiger partial charge is 0.478 e. The van der Waals surface area contributed by atoms with Gasteiger partial charge in [0.1, 0.15) is 12.1 Å². The molecule has 0 fully saturated rings. The van der Waals surface area contributed by atoms with Gasteiger partial charge in [-0.15, -0.1) is 0 Å². The van der Waals surface area contributed by atoms with E-state index in [9.17, 15) is 0 Å². The van der Waals surface area contributed by atoms with E-state index in [1.165, 1.54) is 6.33 Å². The summed E-state index contributed by atoms with van der Waals surface area (Å²) < 4.78 is 7.40. The van der Waals surface area contributed by atoms with Crippen molar-refractivity contribution in [2.75, 3.05) is 18.5 Å². The number of unbranched alkanes of at least 4 members (excludes halogenated alkanes) is 1. The summed E-state index contributed by atoms with van der Waals surface area (Å²) in [5.74, 6) is 1.42. The summed E-state index contributed by atoms with van der Waals surface area (Å²) in [6, 6.07) is 1.82. The van der Waals surface area contributed by atoms with E-state index in [2.05, 4.69) is 24.8 Å². The number of nitrogens with zero attached hydrogens (tertiary/aromatic N) is 4. The van der Waals surface area contributed by atoms with Gasteiger partial charge in [0, 0.05) is 31.5 Å². The molecule has 6 nitrogen and oxygen atoms in total. The van der Waals surface area contributed by atoms with Crippen LogP contribution in [0.2, 0.25) is 0 Å². The molecule has 0 amide bonds. The van der Waals surface area contributed by atoms with Gasteiger partial charge in [0.05, 0.1) is 12.9 Å². The molecule has 19 heavy (non-hydrogen) atoms. The minimum absolute atomic E-state index is 0.610. The minimum atomic E-state index is 0.610. The molecule has 0 aliphatic rings. The maximum absolute atomic E-state index is 5.32. The molecule has 0 unspecified atom stereocenters. The molecule has 0 radical (unpaired) electrons. The highest BCUT2D eigenvalue weighted by atomic mass is 16.5. The average molecular weight is 261 g/mol. The molecule has 0 atom stereocenters. The molecule has 2 aromatic heterocycles. The van der Waals surface area contributed by atoms with Gasteiger partial charge in [-0.2, -0.15) is 0 Å². The van der Waals surface area contributed by atoms with Gasteiger partial charge in [0.2, 0.25) is 5.88 Å². The SMILES string of the molecule is CCOc1cc(NCCCCn2ccnc2)ncn1. The van der Waals surface area contributed by atoms with Crippen LogP contribution in [0.3, 0.4) is 0 Å². The Labute approximate surface area is 112 Å². The number of hydrogen-bond donors (Lipinski definition) is 1. The van der Waals surface area contributed by atoms with Crippen LogP contribution in [-0.4, -0.2) is 32.7 Å². The normalized spacial score (nSPS) is 10.4. The first-order valence-electron chi connectivity index (χ1n) is 6.53. The summed E-state index contributed by atoms with van der Waals surface area (Å²) in [6.07, 6.45) is 9.31. The minimum Gasteiger partial charge on any atom is -0.478 e. The smallest absolute Gasteiger partial charge is 0.218 e. The van der Waals surface area contributed by atoms with Gasteiger partial charge in [-0.05, 0) is 19.8 Å². The van der Waals surface area contributed by atoms with Crippen LogP contribution >= 0.6 is 0 Å². The summed E-state index contributed by atoms with van der Waals surface area (Å²) in [5, 5.41) is 3.27. The predicted octanol–water partition coefficient (Wildman–Crippen LogP) is 1.96. The first-order chi connectivity index (χ1) is 9.38. The van der Waals surface area contributed by atoms with Gasteiger partial charge in [-0.1, -0.05) is 0 Å². The van der Waals surface area contributed by atoms with Crippen LogP contribution in [0.5, 0.6) is 5.88 Å². The molecule has 2 rings (SSSR count). The first-order valence-corrected chi connectivity index (χ1v) is 6.53. The highest BCUT2D eigenvalue weighted by Gasteiger charge is 1.98. The van der Waals surface area contributed by atoms with Gasteiger partial charge in [-0.3, -0.25) is 0 Å². The average Bonchev–Trinajstić information content (AvgIpc) is 2.92. The van der Waals surface area contributed by atoms with Crippen LogP contribution < -0.4 is 10.1 Å². The van der Waals surface area contributed by atoms with Crippen molar-refractivity contribution < 1.29 is 4.74 Å².